The second kappa shape index (κ2) is 7.45. The van der Waals surface area contributed by atoms with Crippen molar-refractivity contribution in [3.8, 4) is 11.5 Å². The van der Waals surface area contributed by atoms with Crippen LogP contribution in [0.3, 0.4) is 0 Å². The van der Waals surface area contributed by atoms with Gasteiger partial charge in [0.05, 0.1) is 0 Å². The number of hydrogen-bond acceptors (Lipinski definition) is 2. The normalized spacial score (nSPS) is 12.8. The van der Waals surface area contributed by atoms with Crippen LogP contribution < -0.4 is 9.47 Å². The largest absolute Gasteiger partial charge is 0.573 e. The Bertz CT molecular complexity index is 781. The molecule has 148 valence electrons. The molecule has 0 N–H and O–H groups in total. The Morgan fingerprint density at radius 1 is 0.741 bits per heavy atom. The van der Waals surface area contributed by atoms with Crippen molar-refractivity contribution in [2.24, 2.45) is 0 Å². The average Bonchev–Trinajstić information content (AvgIpc) is 2.49. The number of rotatable bonds is 4. The van der Waals surface area contributed by atoms with Gasteiger partial charge >= 0.3 is 6.36 Å². The van der Waals surface area contributed by atoms with Gasteiger partial charge in [-0.1, -0.05) is 71.9 Å². The summed E-state index contributed by atoms with van der Waals surface area (Å²) >= 11 is 0. The summed E-state index contributed by atoms with van der Waals surface area (Å²) < 4.78 is 48.7. The monoisotopic (exact) mass is 380 g/mol. The maximum atomic E-state index is 12.8. The SMILES string of the molecule is CC(C)(C)c1ccccc1COc1cccc(OC(F)(F)F)c1C(C)(C)C. The van der Waals surface area contributed by atoms with Crippen LogP contribution in [0.5, 0.6) is 11.5 Å². The molecule has 0 aliphatic carbocycles. The lowest BCUT2D eigenvalue weighted by Crippen LogP contribution is -2.22. The fraction of sp³-hybridized carbons (Fsp3) is 0.455. The Balaban J connectivity index is 2.39. The highest BCUT2D eigenvalue weighted by atomic mass is 19.4. The fourth-order valence-electron chi connectivity index (χ4n) is 3.11. The van der Waals surface area contributed by atoms with Crippen LogP contribution in [0.2, 0.25) is 0 Å². The van der Waals surface area contributed by atoms with Crippen LogP contribution in [0.4, 0.5) is 13.2 Å². The molecule has 2 nitrogen and oxygen atoms in total. The Morgan fingerprint density at radius 2 is 1.33 bits per heavy atom. The Kier molecular flexibility index (Phi) is 5.83. The molecule has 0 amide bonds. The molecular formula is C22H27F3O2. The standard InChI is InChI=1S/C22H27F3O2/c1-20(2,3)16-11-8-7-10-15(16)14-26-17-12-9-13-18(27-22(23,24)25)19(17)21(4,5)6/h7-13H,14H2,1-6H3. The van der Waals surface area contributed by atoms with Crippen LogP contribution in [-0.4, -0.2) is 6.36 Å². The summed E-state index contributed by atoms with van der Waals surface area (Å²) in [6.45, 7) is 12.1. The summed E-state index contributed by atoms with van der Waals surface area (Å²) in [4.78, 5) is 0. The zero-order valence-electron chi connectivity index (χ0n) is 16.7. The highest BCUT2D eigenvalue weighted by molar-refractivity contribution is 5.49. The molecule has 2 aromatic carbocycles. The van der Waals surface area contributed by atoms with Crippen molar-refractivity contribution in [2.45, 2.75) is 65.3 Å². The van der Waals surface area contributed by atoms with Gasteiger partial charge in [0.15, 0.2) is 0 Å². The number of alkyl halides is 3. The summed E-state index contributed by atoms with van der Waals surface area (Å²) in [7, 11) is 0. The first-order chi connectivity index (χ1) is 12.3. The van der Waals surface area contributed by atoms with Crippen molar-refractivity contribution >= 4 is 0 Å². The van der Waals surface area contributed by atoms with Crippen LogP contribution in [0.1, 0.15) is 58.2 Å². The first kappa shape index (κ1) is 21.1. The van der Waals surface area contributed by atoms with Gasteiger partial charge in [0.25, 0.3) is 0 Å². The fourth-order valence-corrected chi connectivity index (χ4v) is 3.11. The maximum Gasteiger partial charge on any atom is 0.573 e. The van der Waals surface area contributed by atoms with Gasteiger partial charge in [-0.15, -0.1) is 13.2 Å². The summed E-state index contributed by atoms with van der Waals surface area (Å²) in [5.74, 6) is 0.171. The van der Waals surface area contributed by atoms with E-state index < -0.39 is 11.8 Å². The minimum absolute atomic E-state index is 0.0615. The van der Waals surface area contributed by atoms with E-state index in [0.29, 0.717) is 11.3 Å². The lowest BCUT2D eigenvalue weighted by Gasteiger charge is -2.27. The molecule has 0 fully saturated rings. The molecule has 2 rings (SSSR count). The summed E-state index contributed by atoms with van der Waals surface area (Å²) in [6.07, 6.45) is -4.75. The third-order valence-corrected chi connectivity index (χ3v) is 4.17. The lowest BCUT2D eigenvalue weighted by molar-refractivity contribution is -0.275. The van der Waals surface area contributed by atoms with E-state index in [4.69, 9.17) is 4.74 Å². The summed E-state index contributed by atoms with van der Waals surface area (Å²) in [5, 5.41) is 0. The van der Waals surface area contributed by atoms with Crippen molar-refractivity contribution in [2.75, 3.05) is 0 Å². The Morgan fingerprint density at radius 3 is 1.89 bits per heavy atom. The molecule has 2 aromatic rings. The summed E-state index contributed by atoms with van der Waals surface area (Å²) in [5.41, 5.74) is 1.90. The van der Waals surface area contributed by atoms with Gasteiger partial charge in [0.1, 0.15) is 18.1 Å². The van der Waals surface area contributed by atoms with E-state index >= 15 is 0 Å². The third-order valence-electron chi connectivity index (χ3n) is 4.17. The molecule has 0 bridgehead atoms. The first-order valence-electron chi connectivity index (χ1n) is 8.89. The van der Waals surface area contributed by atoms with Crippen molar-refractivity contribution in [3.63, 3.8) is 0 Å². The minimum Gasteiger partial charge on any atom is -0.488 e. The first-order valence-corrected chi connectivity index (χ1v) is 8.89. The number of benzene rings is 2. The quantitative estimate of drug-likeness (QED) is 0.583. The molecule has 0 saturated heterocycles. The van der Waals surface area contributed by atoms with Crippen LogP contribution in [0.15, 0.2) is 42.5 Å². The molecule has 0 saturated carbocycles. The van der Waals surface area contributed by atoms with E-state index in [0.717, 1.165) is 11.1 Å². The van der Waals surface area contributed by atoms with E-state index in [9.17, 15) is 13.2 Å². The minimum atomic E-state index is -4.75. The van der Waals surface area contributed by atoms with Crippen LogP contribution in [0, 0.1) is 0 Å². The molecule has 5 heteroatoms. The van der Waals surface area contributed by atoms with E-state index in [1.165, 1.54) is 12.1 Å². The molecular weight excluding hydrogens is 353 g/mol. The van der Waals surface area contributed by atoms with Crippen molar-refractivity contribution in [3.05, 3.63) is 59.2 Å². The zero-order chi connectivity index (χ0) is 20.5. The lowest BCUT2D eigenvalue weighted by atomic mass is 9.84. The van der Waals surface area contributed by atoms with E-state index in [2.05, 4.69) is 25.5 Å². The Labute approximate surface area is 159 Å². The van der Waals surface area contributed by atoms with Gasteiger partial charge in [0.2, 0.25) is 0 Å². The smallest absolute Gasteiger partial charge is 0.488 e. The van der Waals surface area contributed by atoms with E-state index in [1.54, 1.807) is 6.07 Å². The second-order valence-electron chi connectivity index (χ2n) is 8.62. The Hall–Kier alpha value is -2.17. The molecule has 0 aromatic heterocycles. The summed E-state index contributed by atoms with van der Waals surface area (Å²) in [6, 6.07) is 12.5. The van der Waals surface area contributed by atoms with E-state index in [1.807, 2.05) is 45.0 Å². The van der Waals surface area contributed by atoms with Gasteiger partial charge in [-0.2, -0.15) is 0 Å². The molecule has 0 heterocycles. The van der Waals surface area contributed by atoms with Gasteiger partial charge < -0.3 is 9.47 Å². The van der Waals surface area contributed by atoms with Gasteiger partial charge in [-0.05, 0) is 34.1 Å². The molecule has 0 aliphatic rings. The van der Waals surface area contributed by atoms with Crippen molar-refractivity contribution in [1.82, 2.24) is 0 Å². The highest BCUT2D eigenvalue weighted by Crippen LogP contribution is 2.41. The topological polar surface area (TPSA) is 18.5 Å². The van der Waals surface area contributed by atoms with Gasteiger partial charge in [-0.25, -0.2) is 0 Å². The number of ether oxygens (including phenoxy) is 2. The molecule has 0 atom stereocenters. The third kappa shape index (κ3) is 5.65. The molecule has 0 unspecified atom stereocenters. The number of halogens is 3. The molecule has 0 aliphatic heterocycles. The van der Waals surface area contributed by atoms with Crippen LogP contribution >= 0.6 is 0 Å². The van der Waals surface area contributed by atoms with Gasteiger partial charge in [0, 0.05) is 5.56 Å². The predicted octanol–water partition coefficient (Wildman–Crippen LogP) is 6.76. The van der Waals surface area contributed by atoms with Crippen LogP contribution in [0.25, 0.3) is 0 Å². The molecule has 0 spiro atoms. The average molecular weight is 380 g/mol. The maximum absolute atomic E-state index is 12.8. The zero-order valence-corrected chi connectivity index (χ0v) is 16.7. The van der Waals surface area contributed by atoms with Crippen LogP contribution in [-0.2, 0) is 17.4 Å². The number of hydrogen-bond donors (Lipinski definition) is 0. The molecule has 27 heavy (non-hydrogen) atoms. The van der Waals surface area contributed by atoms with Gasteiger partial charge in [-0.3, -0.25) is 0 Å². The predicted molar refractivity (Wildman–Crippen MR) is 101 cm³/mol. The van der Waals surface area contributed by atoms with Crippen molar-refractivity contribution < 1.29 is 22.6 Å². The highest BCUT2D eigenvalue weighted by Gasteiger charge is 2.35. The van der Waals surface area contributed by atoms with Crippen molar-refractivity contribution in [1.29, 1.82) is 0 Å². The van der Waals surface area contributed by atoms with E-state index in [-0.39, 0.29) is 17.8 Å². The molecule has 0 radical (unpaired) electrons. The second-order valence-corrected chi connectivity index (χ2v) is 8.62.